The third-order valence-electron chi connectivity index (χ3n) is 3.65. The fraction of sp³-hybridized carbons (Fsp3) is 0.267. The summed E-state index contributed by atoms with van der Waals surface area (Å²) in [5.74, 6) is -0.0705. The second-order valence-corrected chi connectivity index (χ2v) is 7.01. The fourth-order valence-corrected chi connectivity index (χ4v) is 3.96. The van der Waals surface area contributed by atoms with Gasteiger partial charge in [-0.25, -0.2) is 17.5 Å². The van der Waals surface area contributed by atoms with Crippen molar-refractivity contribution >= 4 is 20.9 Å². The minimum atomic E-state index is -3.68. The van der Waals surface area contributed by atoms with E-state index in [4.69, 9.17) is 4.52 Å². The highest BCUT2D eigenvalue weighted by molar-refractivity contribution is 7.89. The van der Waals surface area contributed by atoms with Crippen molar-refractivity contribution in [3.05, 3.63) is 47.2 Å². The lowest BCUT2D eigenvalue weighted by molar-refractivity contribution is 0.390. The van der Waals surface area contributed by atoms with E-state index in [9.17, 15) is 12.8 Å². The van der Waals surface area contributed by atoms with Gasteiger partial charge in [-0.3, -0.25) is 0 Å². The first-order valence-electron chi connectivity index (χ1n) is 7.06. The molecule has 0 saturated carbocycles. The Hall–Kier alpha value is -2.19. The summed E-state index contributed by atoms with van der Waals surface area (Å²) < 4.78 is 45.4. The van der Waals surface area contributed by atoms with E-state index in [-0.39, 0.29) is 23.0 Å². The van der Waals surface area contributed by atoms with E-state index in [0.717, 1.165) is 16.5 Å². The normalized spacial score (nSPS) is 12.1. The molecular weight excluding hydrogens is 321 g/mol. The van der Waals surface area contributed by atoms with Gasteiger partial charge in [-0.2, -0.15) is 0 Å². The Morgan fingerprint density at radius 1 is 1.35 bits per heavy atom. The number of aryl methyl sites for hydroxylation is 2. The van der Waals surface area contributed by atoms with E-state index in [1.165, 1.54) is 12.1 Å². The smallest absolute Gasteiger partial charge is 0.245 e. The molecule has 2 N–H and O–H groups in total. The number of fused-ring (bicyclic) bond motifs is 1. The van der Waals surface area contributed by atoms with Gasteiger partial charge in [-0.1, -0.05) is 5.16 Å². The maximum absolute atomic E-state index is 13.3. The van der Waals surface area contributed by atoms with Gasteiger partial charge in [0.15, 0.2) is 5.76 Å². The number of hydrogen-bond donors (Lipinski definition) is 2. The van der Waals surface area contributed by atoms with Crippen molar-refractivity contribution < 1.29 is 17.3 Å². The Morgan fingerprint density at radius 2 is 2.13 bits per heavy atom. The highest BCUT2D eigenvalue weighted by Gasteiger charge is 2.23. The minimum Gasteiger partial charge on any atom is -0.361 e. The molecule has 0 saturated heterocycles. The van der Waals surface area contributed by atoms with Crippen LogP contribution in [0.4, 0.5) is 4.39 Å². The van der Waals surface area contributed by atoms with E-state index in [0.29, 0.717) is 12.1 Å². The Kier molecular flexibility index (Phi) is 3.95. The number of halogens is 1. The maximum atomic E-state index is 13.3. The molecule has 2 heterocycles. The van der Waals surface area contributed by atoms with Gasteiger partial charge in [-0.15, -0.1) is 0 Å². The van der Waals surface area contributed by atoms with Crippen molar-refractivity contribution in [2.45, 2.75) is 25.2 Å². The molecule has 0 spiro atoms. The molecule has 2 aromatic heterocycles. The molecule has 0 atom stereocenters. The quantitative estimate of drug-likeness (QED) is 0.748. The lowest BCUT2D eigenvalue weighted by atomic mass is 10.1. The van der Waals surface area contributed by atoms with Gasteiger partial charge in [0.05, 0.1) is 0 Å². The van der Waals surface area contributed by atoms with E-state index in [1.54, 1.807) is 26.1 Å². The number of hydrogen-bond acceptors (Lipinski definition) is 4. The van der Waals surface area contributed by atoms with E-state index in [2.05, 4.69) is 14.9 Å². The van der Waals surface area contributed by atoms with E-state index >= 15 is 0 Å². The van der Waals surface area contributed by atoms with Crippen molar-refractivity contribution in [3.63, 3.8) is 0 Å². The van der Waals surface area contributed by atoms with E-state index < -0.39 is 10.0 Å². The van der Waals surface area contributed by atoms with Gasteiger partial charge in [0, 0.05) is 23.6 Å². The van der Waals surface area contributed by atoms with Gasteiger partial charge < -0.3 is 9.51 Å². The van der Waals surface area contributed by atoms with Crippen LogP contribution >= 0.6 is 0 Å². The summed E-state index contributed by atoms with van der Waals surface area (Å²) in [7, 11) is -3.68. The summed E-state index contributed by atoms with van der Waals surface area (Å²) in [5.41, 5.74) is 1.99. The third-order valence-corrected chi connectivity index (χ3v) is 5.36. The van der Waals surface area contributed by atoms with Crippen LogP contribution in [0.5, 0.6) is 0 Å². The lowest BCUT2D eigenvalue weighted by Gasteiger charge is -2.05. The molecule has 0 aliphatic heterocycles. The van der Waals surface area contributed by atoms with Crippen LogP contribution in [0.1, 0.15) is 17.0 Å². The van der Waals surface area contributed by atoms with Crippen LogP contribution in [0, 0.1) is 19.7 Å². The largest absolute Gasteiger partial charge is 0.361 e. The summed E-state index contributed by atoms with van der Waals surface area (Å²) in [6.45, 7) is 3.32. The summed E-state index contributed by atoms with van der Waals surface area (Å²) in [4.78, 5) is 3.11. The zero-order chi connectivity index (χ0) is 16.6. The first-order chi connectivity index (χ1) is 10.9. The van der Waals surface area contributed by atoms with E-state index in [1.807, 2.05) is 0 Å². The summed E-state index contributed by atoms with van der Waals surface area (Å²) >= 11 is 0. The minimum absolute atomic E-state index is 0.0717. The van der Waals surface area contributed by atoms with Crippen molar-refractivity contribution in [1.82, 2.24) is 14.9 Å². The number of nitrogens with zero attached hydrogens (tertiary/aromatic N) is 1. The number of aromatic amines is 1. The molecule has 122 valence electrons. The lowest BCUT2D eigenvalue weighted by Crippen LogP contribution is -2.26. The molecule has 1 aromatic carbocycles. The zero-order valence-corrected chi connectivity index (χ0v) is 13.5. The molecule has 3 aromatic rings. The number of benzene rings is 1. The van der Waals surface area contributed by atoms with Crippen molar-refractivity contribution in [2.75, 3.05) is 6.54 Å². The standard InChI is InChI=1S/C15H16FN3O3S/c1-9-15(10(2)22-19-9)23(20,21)18-6-5-11-8-17-14-4-3-12(16)7-13(11)14/h3-4,7-8,17-18H,5-6H2,1-2H3. The zero-order valence-electron chi connectivity index (χ0n) is 12.7. The van der Waals surface area contributed by atoms with Crippen LogP contribution in [0.25, 0.3) is 10.9 Å². The number of aromatic nitrogens is 2. The maximum Gasteiger partial charge on any atom is 0.245 e. The van der Waals surface area contributed by atoms with Crippen LogP contribution in [-0.4, -0.2) is 25.1 Å². The number of H-pyrrole nitrogens is 1. The second-order valence-electron chi connectivity index (χ2n) is 5.30. The number of sulfonamides is 1. The van der Waals surface area contributed by atoms with Crippen molar-refractivity contribution in [3.8, 4) is 0 Å². The molecule has 3 rings (SSSR count). The van der Waals surface area contributed by atoms with Crippen molar-refractivity contribution in [1.29, 1.82) is 0 Å². The van der Waals surface area contributed by atoms with Crippen LogP contribution in [-0.2, 0) is 16.4 Å². The first kappa shape index (κ1) is 15.7. The van der Waals surface area contributed by atoms with Gasteiger partial charge >= 0.3 is 0 Å². The molecule has 0 fully saturated rings. The van der Waals surface area contributed by atoms with Crippen LogP contribution < -0.4 is 4.72 Å². The summed E-state index contributed by atoms with van der Waals surface area (Å²) in [5, 5.41) is 4.40. The predicted octanol–water partition coefficient (Wildman–Crippen LogP) is 2.43. The summed E-state index contributed by atoms with van der Waals surface area (Å²) in [6.07, 6.45) is 2.19. The van der Waals surface area contributed by atoms with Crippen LogP contribution in [0.15, 0.2) is 33.8 Å². The van der Waals surface area contributed by atoms with Gasteiger partial charge in [0.25, 0.3) is 0 Å². The number of nitrogens with one attached hydrogen (secondary N) is 2. The molecule has 0 aliphatic carbocycles. The number of rotatable bonds is 5. The topological polar surface area (TPSA) is 88.0 Å². The highest BCUT2D eigenvalue weighted by atomic mass is 32.2. The van der Waals surface area contributed by atoms with Crippen molar-refractivity contribution in [2.24, 2.45) is 0 Å². The van der Waals surface area contributed by atoms with Crippen LogP contribution in [0.3, 0.4) is 0 Å². The molecule has 0 radical (unpaired) electrons. The first-order valence-corrected chi connectivity index (χ1v) is 8.55. The van der Waals surface area contributed by atoms with Gasteiger partial charge in [0.2, 0.25) is 10.0 Å². The Labute approximate surface area is 132 Å². The highest BCUT2D eigenvalue weighted by Crippen LogP contribution is 2.21. The van der Waals surface area contributed by atoms with Gasteiger partial charge in [0.1, 0.15) is 16.4 Å². The Morgan fingerprint density at radius 3 is 2.83 bits per heavy atom. The average molecular weight is 337 g/mol. The molecular formula is C15H16FN3O3S. The molecule has 0 unspecified atom stereocenters. The fourth-order valence-electron chi connectivity index (χ4n) is 2.61. The third kappa shape index (κ3) is 2.99. The molecule has 23 heavy (non-hydrogen) atoms. The Balaban J connectivity index is 1.75. The Bertz CT molecular complexity index is 940. The molecule has 6 nitrogen and oxygen atoms in total. The average Bonchev–Trinajstić information content (AvgIpc) is 3.03. The monoisotopic (exact) mass is 337 g/mol. The second kappa shape index (κ2) is 5.78. The SMILES string of the molecule is Cc1noc(C)c1S(=O)(=O)NCCc1c[nH]c2ccc(F)cc12. The molecule has 0 bridgehead atoms. The molecule has 0 amide bonds. The predicted molar refractivity (Wildman–Crippen MR) is 83.1 cm³/mol. The molecule has 0 aliphatic rings. The molecule has 8 heteroatoms. The van der Waals surface area contributed by atoms with Gasteiger partial charge in [-0.05, 0) is 44.0 Å². The summed E-state index contributed by atoms with van der Waals surface area (Å²) in [6, 6.07) is 4.47. The van der Waals surface area contributed by atoms with Crippen LogP contribution in [0.2, 0.25) is 0 Å².